The summed E-state index contributed by atoms with van der Waals surface area (Å²) in [5.41, 5.74) is 2.19. The van der Waals surface area contributed by atoms with Crippen LogP contribution in [0, 0.1) is 6.92 Å². The summed E-state index contributed by atoms with van der Waals surface area (Å²) < 4.78 is 2.39. The van der Waals surface area contributed by atoms with E-state index in [9.17, 15) is 5.11 Å². The number of benzene rings is 1. The fourth-order valence-electron chi connectivity index (χ4n) is 3.10. The molecule has 0 aliphatic heterocycles. The van der Waals surface area contributed by atoms with Gasteiger partial charge >= 0.3 is 0 Å². The van der Waals surface area contributed by atoms with Crippen molar-refractivity contribution in [2.75, 3.05) is 0 Å². The van der Waals surface area contributed by atoms with Crippen molar-refractivity contribution in [3.63, 3.8) is 0 Å². The molecule has 2 aromatic rings. The van der Waals surface area contributed by atoms with E-state index in [1.54, 1.807) is 0 Å². The molecule has 1 aliphatic carbocycles. The van der Waals surface area contributed by atoms with Gasteiger partial charge in [0.05, 0.1) is 5.60 Å². The van der Waals surface area contributed by atoms with E-state index in [2.05, 4.69) is 42.0 Å². The van der Waals surface area contributed by atoms with Gasteiger partial charge in [0, 0.05) is 17.8 Å². The van der Waals surface area contributed by atoms with Crippen LogP contribution in [0.2, 0.25) is 0 Å². The molecular weight excluding hydrogens is 222 g/mol. The summed E-state index contributed by atoms with van der Waals surface area (Å²) in [4.78, 5) is 0. The summed E-state index contributed by atoms with van der Waals surface area (Å²) in [7, 11) is 0. The molecule has 1 saturated carbocycles. The topological polar surface area (TPSA) is 25.2 Å². The molecule has 1 aromatic heterocycles. The lowest BCUT2D eigenvalue weighted by atomic mass is 9.83. The van der Waals surface area contributed by atoms with Gasteiger partial charge in [0.25, 0.3) is 0 Å². The molecule has 96 valence electrons. The van der Waals surface area contributed by atoms with Crippen molar-refractivity contribution in [1.82, 2.24) is 4.57 Å². The molecule has 0 saturated heterocycles. The van der Waals surface area contributed by atoms with Crippen LogP contribution in [0.3, 0.4) is 0 Å². The summed E-state index contributed by atoms with van der Waals surface area (Å²) >= 11 is 0. The Hall–Kier alpha value is -1.28. The third-order valence-electron chi connectivity index (χ3n) is 4.30. The summed E-state index contributed by atoms with van der Waals surface area (Å²) in [6.45, 7) is 4.09. The molecule has 0 spiro atoms. The molecule has 0 unspecified atom stereocenters. The number of nitrogens with zero attached hydrogens (tertiary/aromatic N) is 1. The van der Waals surface area contributed by atoms with E-state index in [0.717, 1.165) is 25.7 Å². The third kappa shape index (κ3) is 2.05. The molecule has 1 fully saturated rings. The van der Waals surface area contributed by atoms with E-state index >= 15 is 0 Å². The summed E-state index contributed by atoms with van der Waals surface area (Å²) in [6, 6.07) is 9.39. The highest BCUT2D eigenvalue weighted by molar-refractivity contribution is 5.81. The Balaban J connectivity index is 1.91. The van der Waals surface area contributed by atoms with Crippen molar-refractivity contribution >= 4 is 10.9 Å². The standard InChI is InChI=1S/C16H21NO/c1-12-3-4-15-13(11-12)7-10-17(15)14-5-8-16(2,18)9-6-14/h3-4,7,10-11,14,18H,5-6,8-9H2,1-2H3. The molecule has 2 heteroatoms. The molecule has 1 N–H and O–H groups in total. The fraction of sp³-hybridized carbons (Fsp3) is 0.500. The zero-order chi connectivity index (χ0) is 12.8. The largest absolute Gasteiger partial charge is 0.390 e. The zero-order valence-electron chi connectivity index (χ0n) is 11.2. The summed E-state index contributed by atoms with van der Waals surface area (Å²) in [6.07, 6.45) is 6.16. The van der Waals surface area contributed by atoms with Gasteiger partial charge < -0.3 is 9.67 Å². The minimum Gasteiger partial charge on any atom is -0.390 e. The van der Waals surface area contributed by atoms with Crippen LogP contribution in [0.25, 0.3) is 10.9 Å². The van der Waals surface area contributed by atoms with Gasteiger partial charge in [0.15, 0.2) is 0 Å². The highest BCUT2D eigenvalue weighted by atomic mass is 16.3. The van der Waals surface area contributed by atoms with Crippen molar-refractivity contribution < 1.29 is 5.11 Å². The first-order valence-corrected chi connectivity index (χ1v) is 6.85. The number of fused-ring (bicyclic) bond motifs is 1. The van der Waals surface area contributed by atoms with Gasteiger partial charge in [0.2, 0.25) is 0 Å². The molecule has 0 radical (unpaired) electrons. The van der Waals surface area contributed by atoms with E-state index in [0.29, 0.717) is 6.04 Å². The molecule has 1 heterocycles. The third-order valence-corrected chi connectivity index (χ3v) is 4.30. The predicted octanol–water partition coefficient (Wildman–Crippen LogP) is 3.82. The minimum atomic E-state index is -0.448. The molecule has 0 atom stereocenters. The van der Waals surface area contributed by atoms with Crippen molar-refractivity contribution in [3.05, 3.63) is 36.0 Å². The average molecular weight is 243 g/mol. The number of hydrogen-bond donors (Lipinski definition) is 1. The average Bonchev–Trinajstić information content (AvgIpc) is 2.72. The van der Waals surface area contributed by atoms with Crippen LogP contribution < -0.4 is 0 Å². The number of rotatable bonds is 1. The van der Waals surface area contributed by atoms with E-state index < -0.39 is 5.60 Å². The Kier molecular flexibility index (Phi) is 2.70. The lowest BCUT2D eigenvalue weighted by Crippen LogP contribution is -2.31. The van der Waals surface area contributed by atoms with Gasteiger partial charge in [-0.3, -0.25) is 0 Å². The number of aliphatic hydroxyl groups is 1. The number of hydrogen-bond acceptors (Lipinski definition) is 1. The van der Waals surface area contributed by atoms with Crippen molar-refractivity contribution in [2.24, 2.45) is 0 Å². The van der Waals surface area contributed by atoms with Gasteiger partial charge in [-0.15, -0.1) is 0 Å². The monoisotopic (exact) mass is 243 g/mol. The van der Waals surface area contributed by atoms with Gasteiger partial charge in [0.1, 0.15) is 0 Å². The SMILES string of the molecule is Cc1ccc2c(ccn2C2CCC(C)(O)CC2)c1. The van der Waals surface area contributed by atoms with E-state index in [-0.39, 0.29) is 0 Å². The van der Waals surface area contributed by atoms with Crippen LogP contribution in [0.1, 0.15) is 44.2 Å². The fourth-order valence-corrected chi connectivity index (χ4v) is 3.10. The highest BCUT2D eigenvalue weighted by Crippen LogP contribution is 2.36. The Morgan fingerprint density at radius 1 is 1.22 bits per heavy atom. The van der Waals surface area contributed by atoms with Crippen molar-refractivity contribution in [2.45, 2.75) is 51.2 Å². The Labute approximate surface area is 108 Å². The first-order chi connectivity index (χ1) is 8.55. The van der Waals surface area contributed by atoms with Crippen LogP contribution in [-0.2, 0) is 0 Å². The van der Waals surface area contributed by atoms with Crippen LogP contribution >= 0.6 is 0 Å². The first-order valence-electron chi connectivity index (χ1n) is 6.85. The van der Waals surface area contributed by atoms with Gasteiger partial charge in [-0.25, -0.2) is 0 Å². The molecule has 3 rings (SSSR count). The Morgan fingerprint density at radius 3 is 2.67 bits per heavy atom. The number of aryl methyl sites for hydroxylation is 1. The Bertz CT molecular complexity index is 557. The summed E-state index contributed by atoms with van der Waals surface area (Å²) in [5.74, 6) is 0. The lowest BCUT2D eigenvalue weighted by Gasteiger charge is -2.34. The molecule has 0 bridgehead atoms. The molecule has 2 nitrogen and oxygen atoms in total. The number of aromatic nitrogens is 1. The normalized spacial score (nSPS) is 28.7. The van der Waals surface area contributed by atoms with Crippen LogP contribution in [-0.4, -0.2) is 15.3 Å². The first kappa shape index (κ1) is 11.8. The van der Waals surface area contributed by atoms with Crippen LogP contribution in [0.5, 0.6) is 0 Å². The van der Waals surface area contributed by atoms with E-state index in [1.807, 2.05) is 6.92 Å². The minimum absolute atomic E-state index is 0.448. The molecule has 1 aliphatic rings. The van der Waals surface area contributed by atoms with E-state index in [1.165, 1.54) is 16.5 Å². The van der Waals surface area contributed by atoms with Gasteiger partial charge in [-0.1, -0.05) is 11.6 Å². The smallest absolute Gasteiger partial charge is 0.0621 e. The maximum Gasteiger partial charge on any atom is 0.0621 e. The quantitative estimate of drug-likeness (QED) is 0.809. The summed E-state index contributed by atoms with van der Waals surface area (Å²) in [5, 5.41) is 11.4. The predicted molar refractivity (Wildman–Crippen MR) is 74.8 cm³/mol. The van der Waals surface area contributed by atoms with Crippen LogP contribution in [0.15, 0.2) is 30.5 Å². The maximum atomic E-state index is 10.0. The Morgan fingerprint density at radius 2 is 1.94 bits per heavy atom. The van der Waals surface area contributed by atoms with Crippen molar-refractivity contribution in [1.29, 1.82) is 0 Å². The molecule has 18 heavy (non-hydrogen) atoms. The molecular formula is C16H21NO. The van der Waals surface area contributed by atoms with Crippen molar-refractivity contribution in [3.8, 4) is 0 Å². The molecule has 0 amide bonds. The lowest BCUT2D eigenvalue weighted by molar-refractivity contribution is 0.0104. The second-order valence-corrected chi connectivity index (χ2v) is 6.01. The van der Waals surface area contributed by atoms with E-state index in [4.69, 9.17) is 0 Å². The zero-order valence-corrected chi connectivity index (χ0v) is 11.2. The second kappa shape index (κ2) is 4.13. The van der Waals surface area contributed by atoms with Gasteiger partial charge in [-0.2, -0.15) is 0 Å². The van der Waals surface area contributed by atoms with Crippen LogP contribution in [0.4, 0.5) is 0 Å². The highest BCUT2D eigenvalue weighted by Gasteiger charge is 2.29. The molecule has 1 aromatic carbocycles. The maximum absolute atomic E-state index is 10.0. The second-order valence-electron chi connectivity index (χ2n) is 6.01. The van der Waals surface area contributed by atoms with Gasteiger partial charge in [-0.05, 0) is 63.1 Å².